The monoisotopic (exact) mass is 221 g/mol. The van der Waals surface area contributed by atoms with E-state index in [1.807, 2.05) is 0 Å². The minimum atomic E-state index is -0.952. The zero-order valence-electron chi connectivity index (χ0n) is 8.28. The topological polar surface area (TPSA) is 35.2 Å². The summed E-state index contributed by atoms with van der Waals surface area (Å²) in [7, 11) is 0. The van der Waals surface area contributed by atoms with E-state index in [0.29, 0.717) is 11.4 Å². The van der Waals surface area contributed by atoms with Gasteiger partial charge >= 0.3 is 0 Å². The van der Waals surface area contributed by atoms with Crippen LogP contribution in [0.4, 0.5) is 14.5 Å². The quantitative estimate of drug-likeness (QED) is 0.789. The first-order valence-electron chi connectivity index (χ1n) is 4.64. The van der Waals surface area contributed by atoms with Crippen molar-refractivity contribution in [2.24, 2.45) is 0 Å². The lowest BCUT2D eigenvalue weighted by atomic mass is 10.3. The Labute approximate surface area is 91.3 Å². The highest BCUT2D eigenvalue weighted by atomic mass is 19.2. The third-order valence-electron chi connectivity index (χ3n) is 2.04. The average Bonchev–Trinajstić information content (AvgIpc) is 2.27. The molecule has 0 radical (unpaired) electrons. The van der Waals surface area contributed by atoms with Gasteiger partial charge in [0.1, 0.15) is 11.5 Å². The van der Waals surface area contributed by atoms with Gasteiger partial charge in [-0.25, -0.2) is 8.78 Å². The maximum atomic E-state index is 12.9. The maximum Gasteiger partial charge on any atom is 0.162 e. The van der Waals surface area contributed by atoms with Crippen molar-refractivity contribution in [3.8, 4) is 11.5 Å². The van der Waals surface area contributed by atoms with Gasteiger partial charge in [-0.15, -0.1) is 0 Å². The number of halogens is 2. The highest BCUT2D eigenvalue weighted by Crippen LogP contribution is 2.27. The Morgan fingerprint density at radius 3 is 2.38 bits per heavy atom. The summed E-state index contributed by atoms with van der Waals surface area (Å²) in [6, 6.07) is 10.1. The summed E-state index contributed by atoms with van der Waals surface area (Å²) in [4.78, 5) is 0. The van der Waals surface area contributed by atoms with Crippen LogP contribution < -0.4 is 10.5 Å². The molecule has 0 heterocycles. The summed E-state index contributed by atoms with van der Waals surface area (Å²) in [5.41, 5.74) is 6.08. The van der Waals surface area contributed by atoms with Crippen molar-refractivity contribution in [1.82, 2.24) is 0 Å². The van der Waals surface area contributed by atoms with Gasteiger partial charge in [0.05, 0.1) is 5.69 Å². The summed E-state index contributed by atoms with van der Waals surface area (Å²) in [6.07, 6.45) is 0. The minimum absolute atomic E-state index is 0.205. The number of ether oxygens (including phenoxy) is 1. The van der Waals surface area contributed by atoms with Crippen molar-refractivity contribution >= 4 is 5.69 Å². The highest BCUT2D eigenvalue weighted by molar-refractivity contribution is 5.53. The largest absolute Gasteiger partial charge is 0.455 e. The third-order valence-corrected chi connectivity index (χ3v) is 2.04. The van der Waals surface area contributed by atoms with E-state index in [9.17, 15) is 8.78 Å². The molecule has 0 saturated heterocycles. The Kier molecular flexibility index (Phi) is 2.72. The van der Waals surface area contributed by atoms with Crippen molar-refractivity contribution in [3.05, 3.63) is 54.1 Å². The Bertz CT molecular complexity index is 514. The molecule has 0 fully saturated rings. The third kappa shape index (κ3) is 2.11. The molecule has 0 spiro atoms. The molecular weight excluding hydrogens is 212 g/mol. The first-order chi connectivity index (χ1) is 7.66. The van der Waals surface area contributed by atoms with Gasteiger partial charge in [0.15, 0.2) is 11.6 Å². The van der Waals surface area contributed by atoms with Crippen LogP contribution >= 0.6 is 0 Å². The molecule has 0 aliphatic rings. The molecule has 82 valence electrons. The number of nitrogen functional groups attached to an aromatic ring is 1. The molecule has 2 nitrogen and oxygen atoms in total. The van der Waals surface area contributed by atoms with E-state index >= 15 is 0 Å². The molecule has 2 rings (SSSR count). The molecule has 0 aliphatic carbocycles. The van der Waals surface area contributed by atoms with Crippen LogP contribution in [-0.2, 0) is 0 Å². The molecule has 4 heteroatoms. The van der Waals surface area contributed by atoms with Crippen molar-refractivity contribution < 1.29 is 13.5 Å². The molecule has 0 unspecified atom stereocenters. The highest BCUT2D eigenvalue weighted by Gasteiger charge is 2.05. The summed E-state index contributed by atoms with van der Waals surface area (Å²) in [6.45, 7) is 0. The predicted molar refractivity (Wildman–Crippen MR) is 57.3 cm³/mol. The first-order valence-corrected chi connectivity index (χ1v) is 4.64. The fourth-order valence-corrected chi connectivity index (χ4v) is 1.24. The van der Waals surface area contributed by atoms with E-state index in [0.717, 1.165) is 12.1 Å². The zero-order valence-corrected chi connectivity index (χ0v) is 8.28. The van der Waals surface area contributed by atoms with Gasteiger partial charge in [-0.3, -0.25) is 0 Å². The lowest BCUT2D eigenvalue weighted by Crippen LogP contribution is -1.92. The second-order valence-corrected chi connectivity index (χ2v) is 3.22. The normalized spacial score (nSPS) is 10.1. The van der Waals surface area contributed by atoms with Gasteiger partial charge < -0.3 is 10.5 Å². The number of nitrogens with two attached hydrogens (primary N) is 1. The molecule has 0 saturated carbocycles. The predicted octanol–water partition coefficient (Wildman–Crippen LogP) is 3.34. The summed E-state index contributed by atoms with van der Waals surface area (Å²) in [5, 5.41) is 0. The first kappa shape index (κ1) is 10.4. The van der Waals surface area contributed by atoms with E-state index < -0.39 is 11.6 Å². The molecular formula is C12H9F2NO. The van der Waals surface area contributed by atoms with Gasteiger partial charge in [0.2, 0.25) is 0 Å². The van der Waals surface area contributed by atoms with Crippen LogP contribution in [0, 0.1) is 11.6 Å². The zero-order chi connectivity index (χ0) is 11.5. The van der Waals surface area contributed by atoms with Crippen molar-refractivity contribution in [3.63, 3.8) is 0 Å². The van der Waals surface area contributed by atoms with Gasteiger partial charge in [0, 0.05) is 6.07 Å². The van der Waals surface area contributed by atoms with Crippen LogP contribution in [0.25, 0.3) is 0 Å². The van der Waals surface area contributed by atoms with Crippen molar-refractivity contribution in [2.45, 2.75) is 0 Å². The van der Waals surface area contributed by atoms with E-state index in [-0.39, 0.29) is 5.75 Å². The van der Waals surface area contributed by atoms with Crippen LogP contribution in [0.1, 0.15) is 0 Å². The fraction of sp³-hybridized carbons (Fsp3) is 0. The van der Waals surface area contributed by atoms with E-state index in [4.69, 9.17) is 10.5 Å². The lowest BCUT2D eigenvalue weighted by molar-refractivity contribution is 0.463. The molecule has 0 bridgehead atoms. The van der Waals surface area contributed by atoms with Gasteiger partial charge in [-0.2, -0.15) is 0 Å². The minimum Gasteiger partial charge on any atom is -0.455 e. The second kappa shape index (κ2) is 4.18. The second-order valence-electron chi connectivity index (χ2n) is 3.22. The molecule has 2 aromatic carbocycles. The van der Waals surface area contributed by atoms with Crippen LogP contribution in [0.15, 0.2) is 42.5 Å². The van der Waals surface area contributed by atoms with Gasteiger partial charge in [-0.05, 0) is 24.3 Å². The van der Waals surface area contributed by atoms with Gasteiger partial charge in [-0.1, -0.05) is 12.1 Å². The number of anilines is 1. The Hall–Kier alpha value is -2.10. The maximum absolute atomic E-state index is 12.9. The van der Waals surface area contributed by atoms with Gasteiger partial charge in [0.25, 0.3) is 0 Å². The van der Waals surface area contributed by atoms with Crippen molar-refractivity contribution in [1.29, 1.82) is 0 Å². The molecule has 0 amide bonds. The van der Waals surface area contributed by atoms with Crippen LogP contribution in [0.5, 0.6) is 11.5 Å². The Morgan fingerprint density at radius 1 is 0.938 bits per heavy atom. The van der Waals surface area contributed by atoms with E-state index in [1.54, 1.807) is 24.3 Å². The van der Waals surface area contributed by atoms with E-state index in [1.165, 1.54) is 6.07 Å². The molecule has 2 aromatic rings. The smallest absolute Gasteiger partial charge is 0.162 e. The number of para-hydroxylation sites is 2. The summed E-state index contributed by atoms with van der Waals surface area (Å²) >= 11 is 0. The fourth-order valence-electron chi connectivity index (χ4n) is 1.24. The molecule has 16 heavy (non-hydrogen) atoms. The van der Waals surface area contributed by atoms with Crippen LogP contribution in [-0.4, -0.2) is 0 Å². The number of hydrogen-bond acceptors (Lipinski definition) is 2. The Balaban J connectivity index is 2.28. The number of benzene rings is 2. The molecule has 0 aliphatic heterocycles. The summed E-state index contributed by atoms with van der Waals surface area (Å²) in [5.74, 6) is -1.24. The van der Waals surface area contributed by atoms with Crippen LogP contribution in [0.3, 0.4) is 0 Å². The molecule has 0 atom stereocenters. The summed E-state index contributed by atoms with van der Waals surface area (Å²) < 4.78 is 30.9. The number of rotatable bonds is 2. The van der Waals surface area contributed by atoms with Crippen LogP contribution in [0.2, 0.25) is 0 Å². The number of hydrogen-bond donors (Lipinski definition) is 1. The van der Waals surface area contributed by atoms with E-state index in [2.05, 4.69) is 0 Å². The van der Waals surface area contributed by atoms with Crippen molar-refractivity contribution in [2.75, 3.05) is 5.73 Å². The SMILES string of the molecule is Nc1ccccc1Oc1ccc(F)c(F)c1. The Morgan fingerprint density at radius 2 is 1.69 bits per heavy atom. The average molecular weight is 221 g/mol. The molecule has 2 N–H and O–H groups in total. The lowest BCUT2D eigenvalue weighted by Gasteiger charge is -2.07. The standard InChI is InChI=1S/C12H9F2NO/c13-9-6-5-8(7-10(9)14)16-12-4-2-1-3-11(12)15/h1-7H,15H2. The molecule has 0 aromatic heterocycles.